The van der Waals surface area contributed by atoms with Crippen LogP contribution < -0.4 is 11.3 Å². The van der Waals surface area contributed by atoms with Gasteiger partial charge in [-0.05, 0) is 55.3 Å². The Labute approximate surface area is 140 Å². The summed E-state index contributed by atoms with van der Waals surface area (Å²) in [6, 6.07) is 12.7. The molecule has 2 N–H and O–H groups in total. The number of nitrogens with two attached hydrogens (primary N) is 1. The molecule has 0 aliphatic heterocycles. The molecule has 0 fully saturated rings. The molecule has 2 aromatic carbocycles. The Balaban J connectivity index is 2.36. The Morgan fingerprint density at radius 3 is 2.50 bits per heavy atom. The highest BCUT2D eigenvalue weighted by Gasteiger charge is 2.15. The van der Waals surface area contributed by atoms with Crippen LogP contribution in [0.2, 0.25) is 0 Å². The summed E-state index contributed by atoms with van der Waals surface area (Å²) in [6.45, 7) is 3.83. The van der Waals surface area contributed by atoms with E-state index in [0.29, 0.717) is 22.3 Å². The zero-order chi connectivity index (χ0) is 17.4. The normalized spacial score (nSPS) is 12.1. The van der Waals surface area contributed by atoms with E-state index in [1.807, 2.05) is 26.0 Å². The molecule has 0 bridgehead atoms. The molecule has 5 heteroatoms. The molecule has 0 aliphatic rings. The molecule has 3 rings (SSSR count). The smallest absolute Gasteiger partial charge is 0.261 e. The maximum absolute atomic E-state index is 12.8. The number of hydrogen-bond donors (Lipinski definition) is 1. The summed E-state index contributed by atoms with van der Waals surface area (Å²) >= 11 is 0. The molecular weight excluding hydrogens is 300 g/mol. The number of hydrogen-bond acceptors (Lipinski definition) is 4. The van der Waals surface area contributed by atoms with E-state index >= 15 is 0 Å². The van der Waals surface area contributed by atoms with Crippen LogP contribution in [0.4, 0.5) is 0 Å². The summed E-state index contributed by atoms with van der Waals surface area (Å²) in [4.78, 5) is 17.5. The monoisotopic (exact) mass is 318 g/mol. The van der Waals surface area contributed by atoms with Gasteiger partial charge in [0.25, 0.3) is 5.56 Å². The zero-order valence-corrected chi connectivity index (χ0v) is 13.9. The van der Waals surface area contributed by atoms with Crippen LogP contribution in [0.15, 0.2) is 41.2 Å². The molecule has 1 atom stereocenters. The van der Waals surface area contributed by atoms with Gasteiger partial charge < -0.3 is 5.73 Å². The lowest BCUT2D eigenvalue weighted by molar-refractivity contribution is 0.814. The van der Waals surface area contributed by atoms with Gasteiger partial charge in [0.1, 0.15) is 5.82 Å². The SMILES string of the molecule is Cc1cc([C@@H](C)N)c2nc(-c3ccc(C#N)cc3)n(C)c(=O)c2c1. The molecule has 0 spiro atoms. The van der Waals surface area contributed by atoms with Crippen molar-refractivity contribution < 1.29 is 0 Å². The summed E-state index contributed by atoms with van der Waals surface area (Å²) in [5.74, 6) is 0.558. The highest BCUT2D eigenvalue weighted by atomic mass is 16.1. The van der Waals surface area contributed by atoms with Crippen LogP contribution >= 0.6 is 0 Å². The Morgan fingerprint density at radius 2 is 1.92 bits per heavy atom. The fourth-order valence-corrected chi connectivity index (χ4v) is 2.85. The van der Waals surface area contributed by atoms with E-state index in [1.165, 1.54) is 4.57 Å². The Hall–Kier alpha value is -2.97. The van der Waals surface area contributed by atoms with Crippen molar-refractivity contribution in [1.29, 1.82) is 5.26 Å². The summed E-state index contributed by atoms with van der Waals surface area (Å²) < 4.78 is 1.54. The Bertz CT molecular complexity index is 1020. The van der Waals surface area contributed by atoms with Crippen molar-refractivity contribution in [3.8, 4) is 17.5 Å². The molecule has 5 nitrogen and oxygen atoms in total. The van der Waals surface area contributed by atoms with E-state index in [-0.39, 0.29) is 11.6 Å². The average Bonchev–Trinajstić information content (AvgIpc) is 2.58. The van der Waals surface area contributed by atoms with E-state index in [0.717, 1.165) is 16.7 Å². The molecule has 24 heavy (non-hydrogen) atoms. The van der Waals surface area contributed by atoms with Crippen LogP contribution in [-0.2, 0) is 7.05 Å². The minimum absolute atomic E-state index is 0.107. The maximum Gasteiger partial charge on any atom is 0.261 e. The Morgan fingerprint density at radius 1 is 1.25 bits per heavy atom. The fraction of sp³-hybridized carbons (Fsp3) is 0.211. The largest absolute Gasteiger partial charge is 0.324 e. The molecule has 3 aromatic rings. The first-order valence-corrected chi connectivity index (χ1v) is 7.69. The second-order valence-electron chi connectivity index (χ2n) is 6.03. The van der Waals surface area contributed by atoms with Crippen molar-refractivity contribution in [2.75, 3.05) is 0 Å². The predicted octanol–water partition coefficient (Wildman–Crippen LogP) is 2.80. The van der Waals surface area contributed by atoms with Crippen LogP contribution in [0.25, 0.3) is 22.3 Å². The molecule has 1 heterocycles. The van der Waals surface area contributed by atoms with E-state index < -0.39 is 0 Å². The van der Waals surface area contributed by atoms with Crippen molar-refractivity contribution >= 4 is 10.9 Å². The fourth-order valence-electron chi connectivity index (χ4n) is 2.85. The van der Waals surface area contributed by atoms with Crippen molar-refractivity contribution in [2.45, 2.75) is 19.9 Å². The van der Waals surface area contributed by atoms with Gasteiger partial charge in [-0.3, -0.25) is 9.36 Å². The summed E-state index contributed by atoms with van der Waals surface area (Å²) in [5.41, 5.74) is 9.80. The minimum atomic E-state index is -0.221. The second kappa shape index (κ2) is 5.91. The van der Waals surface area contributed by atoms with E-state index in [1.54, 1.807) is 31.3 Å². The van der Waals surface area contributed by atoms with Gasteiger partial charge in [0, 0.05) is 18.7 Å². The number of fused-ring (bicyclic) bond motifs is 1. The highest BCUT2D eigenvalue weighted by molar-refractivity contribution is 5.84. The van der Waals surface area contributed by atoms with Crippen LogP contribution in [0, 0.1) is 18.3 Å². The van der Waals surface area contributed by atoms with Crippen molar-refractivity contribution in [3.05, 3.63) is 63.4 Å². The standard InChI is InChI=1S/C19H18N4O/c1-11-8-15(12(2)21)17-16(9-11)19(24)23(3)18(22-17)14-6-4-13(10-20)5-7-14/h4-9,12H,21H2,1-3H3/t12-/m1/s1. The molecule has 0 saturated carbocycles. The van der Waals surface area contributed by atoms with Crippen LogP contribution in [0.1, 0.15) is 29.7 Å². The summed E-state index contributed by atoms with van der Waals surface area (Å²) in [5, 5.41) is 9.50. The van der Waals surface area contributed by atoms with Gasteiger partial charge in [-0.2, -0.15) is 5.26 Å². The lowest BCUT2D eigenvalue weighted by Gasteiger charge is -2.14. The Kier molecular flexibility index (Phi) is 3.92. The molecule has 0 unspecified atom stereocenters. The van der Waals surface area contributed by atoms with E-state index in [9.17, 15) is 4.79 Å². The van der Waals surface area contributed by atoms with Crippen molar-refractivity contribution in [2.24, 2.45) is 12.8 Å². The quantitative estimate of drug-likeness (QED) is 0.787. The minimum Gasteiger partial charge on any atom is -0.324 e. The lowest BCUT2D eigenvalue weighted by Crippen LogP contribution is -2.21. The third-order valence-corrected chi connectivity index (χ3v) is 4.12. The second-order valence-corrected chi connectivity index (χ2v) is 6.03. The van der Waals surface area contributed by atoms with Gasteiger partial charge in [-0.1, -0.05) is 6.07 Å². The molecule has 120 valence electrons. The van der Waals surface area contributed by atoms with Crippen molar-refractivity contribution in [3.63, 3.8) is 0 Å². The van der Waals surface area contributed by atoms with Gasteiger partial charge in [-0.15, -0.1) is 0 Å². The number of nitrogens with zero attached hydrogens (tertiary/aromatic N) is 3. The predicted molar refractivity (Wildman–Crippen MR) is 94.5 cm³/mol. The van der Waals surface area contributed by atoms with Gasteiger partial charge in [0.2, 0.25) is 0 Å². The van der Waals surface area contributed by atoms with Gasteiger partial charge >= 0.3 is 0 Å². The molecule has 0 amide bonds. The third-order valence-electron chi connectivity index (χ3n) is 4.12. The van der Waals surface area contributed by atoms with Crippen LogP contribution in [-0.4, -0.2) is 9.55 Å². The van der Waals surface area contributed by atoms with Crippen molar-refractivity contribution in [1.82, 2.24) is 9.55 Å². The molecule has 0 saturated heterocycles. The van der Waals surface area contributed by atoms with E-state index in [2.05, 4.69) is 6.07 Å². The number of rotatable bonds is 2. The van der Waals surface area contributed by atoms with Gasteiger partial charge in [0.15, 0.2) is 0 Å². The van der Waals surface area contributed by atoms with Gasteiger partial charge in [-0.25, -0.2) is 4.98 Å². The zero-order valence-electron chi connectivity index (χ0n) is 13.9. The first-order valence-electron chi connectivity index (χ1n) is 7.69. The first kappa shape index (κ1) is 15.9. The van der Waals surface area contributed by atoms with E-state index in [4.69, 9.17) is 16.0 Å². The molecule has 0 aliphatic carbocycles. The average molecular weight is 318 g/mol. The topological polar surface area (TPSA) is 84.7 Å². The molecular formula is C19H18N4O. The number of benzene rings is 2. The number of aryl methyl sites for hydroxylation is 1. The third kappa shape index (κ3) is 2.57. The molecule has 0 radical (unpaired) electrons. The number of nitriles is 1. The lowest BCUT2D eigenvalue weighted by atomic mass is 10.0. The maximum atomic E-state index is 12.8. The first-order chi connectivity index (χ1) is 11.4. The number of aromatic nitrogens is 2. The summed E-state index contributed by atoms with van der Waals surface area (Å²) in [7, 11) is 1.70. The van der Waals surface area contributed by atoms with Gasteiger partial charge in [0.05, 0.1) is 22.5 Å². The molecule has 1 aromatic heterocycles. The summed E-state index contributed by atoms with van der Waals surface area (Å²) in [6.07, 6.45) is 0. The van der Waals surface area contributed by atoms with Crippen LogP contribution in [0.5, 0.6) is 0 Å². The van der Waals surface area contributed by atoms with Crippen LogP contribution in [0.3, 0.4) is 0 Å². The highest BCUT2D eigenvalue weighted by Crippen LogP contribution is 2.25.